The summed E-state index contributed by atoms with van der Waals surface area (Å²) in [6.45, 7) is 0.819. The molecule has 2 rings (SSSR count). The molecule has 0 aliphatic carbocycles. The molecule has 2 aromatic carbocycles. The van der Waals surface area contributed by atoms with Crippen LogP contribution in [0.1, 0.15) is 21.5 Å². The predicted molar refractivity (Wildman–Crippen MR) is 90.4 cm³/mol. The van der Waals surface area contributed by atoms with Crippen LogP contribution in [0, 0.1) is 0 Å². The summed E-state index contributed by atoms with van der Waals surface area (Å²) in [4.78, 5) is 22.9. The Bertz CT molecular complexity index is 704. The molecule has 0 bridgehead atoms. The maximum absolute atomic E-state index is 11.8. The van der Waals surface area contributed by atoms with Crippen molar-refractivity contribution in [3.05, 3.63) is 70.2 Å². The van der Waals surface area contributed by atoms with Crippen LogP contribution in [0.4, 0.5) is 4.79 Å². The van der Waals surface area contributed by atoms with E-state index in [2.05, 4.69) is 10.6 Å². The normalized spacial score (nSPS) is 10.1. The molecule has 5 nitrogen and oxygen atoms in total. The number of hydrogen-bond donors (Lipinski definition) is 3. The number of halogens is 1. The van der Waals surface area contributed by atoms with Crippen LogP contribution in [0.5, 0.6) is 0 Å². The molecule has 0 fully saturated rings. The molecule has 23 heavy (non-hydrogen) atoms. The molecule has 0 saturated carbocycles. The van der Waals surface area contributed by atoms with Crippen molar-refractivity contribution in [2.75, 3.05) is 6.54 Å². The highest BCUT2D eigenvalue weighted by atomic mass is 35.5. The van der Waals surface area contributed by atoms with Gasteiger partial charge >= 0.3 is 6.03 Å². The minimum atomic E-state index is -0.461. The van der Waals surface area contributed by atoms with E-state index in [1.54, 1.807) is 24.3 Å². The Morgan fingerprint density at radius 1 is 1.04 bits per heavy atom. The van der Waals surface area contributed by atoms with Crippen LogP contribution in [0.3, 0.4) is 0 Å². The number of carbonyl (C=O) groups excluding carboxylic acids is 2. The van der Waals surface area contributed by atoms with Gasteiger partial charge < -0.3 is 16.4 Å². The minimum Gasteiger partial charge on any atom is -0.366 e. The Morgan fingerprint density at radius 2 is 1.83 bits per heavy atom. The van der Waals surface area contributed by atoms with E-state index in [4.69, 9.17) is 17.3 Å². The van der Waals surface area contributed by atoms with E-state index in [-0.39, 0.29) is 6.03 Å². The fraction of sp³-hybridized carbons (Fsp3) is 0.176. The van der Waals surface area contributed by atoms with E-state index < -0.39 is 5.91 Å². The van der Waals surface area contributed by atoms with Gasteiger partial charge in [-0.2, -0.15) is 0 Å². The second-order valence-corrected chi connectivity index (χ2v) is 5.42. The van der Waals surface area contributed by atoms with Crippen molar-refractivity contribution in [1.29, 1.82) is 0 Å². The Morgan fingerprint density at radius 3 is 2.57 bits per heavy atom. The molecule has 0 aliphatic heterocycles. The monoisotopic (exact) mass is 331 g/mol. The van der Waals surface area contributed by atoms with Gasteiger partial charge in [0.25, 0.3) is 0 Å². The summed E-state index contributed by atoms with van der Waals surface area (Å²) in [5.74, 6) is -0.461. The van der Waals surface area contributed by atoms with E-state index in [1.807, 2.05) is 24.3 Å². The van der Waals surface area contributed by atoms with Gasteiger partial charge in [-0.15, -0.1) is 0 Å². The van der Waals surface area contributed by atoms with Crippen molar-refractivity contribution in [2.45, 2.75) is 13.0 Å². The first kappa shape index (κ1) is 16.8. The van der Waals surface area contributed by atoms with Crippen LogP contribution < -0.4 is 16.4 Å². The van der Waals surface area contributed by atoms with Gasteiger partial charge in [0.1, 0.15) is 0 Å². The topological polar surface area (TPSA) is 84.2 Å². The van der Waals surface area contributed by atoms with E-state index in [0.29, 0.717) is 30.1 Å². The fourth-order valence-corrected chi connectivity index (χ4v) is 2.28. The summed E-state index contributed by atoms with van der Waals surface area (Å²) >= 11 is 6.02. The highest BCUT2D eigenvalue weighted by Crippen LogP contribution is 2.14. The quantitative estimate of drug-likeness (QED) is 0.759. The Labute approximate surface area is 139 Å². The summed E-state index contributed by atoms with van der Waals surface area (Å²) in [6, 6.07) is 14.1. The highest BCUT2D eigenvalue weighted by Gasteiger charge is 2.04. The van der Waals surface area contributed by atoms with Gasteiger partial charge in [0.05, 0.1) is 0 Å². The van der Waals surface area contributed by atoms with Crippen LogP contribution in [0.2, 0.25) is 5.02 Å². The molecular weight excluding hydrogens is 314 g/mol. The molecule has 0 spiro atoms. The molecule has 6 heteroatoms. The lowest BCUT2D eigenvalue weighted by molar-refractivity contribution is 0.1000. The summed E-state index contributed by atoms with van der Waals surface area (Å²) in [5.41, 5.74) is 7.50. The maximum atomic E-state index is 11.8. The van der Waals surface area contributed by atoms with Gasteiger partial charge in [0, 0.05) is 23.7 Å². The number of nitrogens with one attached hydrogen (secondary N) is 2. The number of urea groups is 1. The third kappa shape index (κ3) is 5.30. The first-order chi connectivity index (χ1) is 11.1. The zero-order chi connectivity index (χ0) is 16.7. The first-order valence-electron chi connectivity index (χ1n) is 7.20. The fourth-order valence-electron chi connectivity index (χ4n) is 2.08. The lowest BCUT2D eigenvalue weighted by atomic mass is 10.1. The number of benzene rings is 2. The van der Waals surface area contributed by atoms with Crippen LogP contribution >= 0.6 is 11.6 Å². The van der Waals surface area contributed by atoms with Crippen molar-refractivity contribution < 1.29 is 9.59 Å². The van der Waals surface area contributed by atoms with Gasteiger partial charge in [-0.3, -0.25) is 4.79 Å². The zero-order valence-corrected chi connectivity index (χ0v) is 13.3. The molecule has 0 unspecified atom stereocenters. The maximum Gasteiger partial charge on any atom is 0.315 e. The number of primary amides is 1. The highest BCUT2D eigenvalue weighted by molar-refractivity contribution is 6.31. The summed E-state index contributed by atoms with van der Waals surface area (Å²) in [6.07, 6.45) is 0.612. The second kappa shape index (κ2) is 8.19. The second-order valence-electron chi connectivity index (χ2n) is 5.02. The molecule has 0 aliphatic rings. The Balaban J connectivity index is 1.76. The molecule has 120 valence electrons. The number of rotatable bonds is 6. The molecule has 3 amide bonds. The van der Waals surface area contributed by atoms with Crippen molar-refractivity contribution in [2.24, 2.45) is 5.73 Å². The van der Waals surface area contributed by atoms with Gasteiger partial charge in [-0.1, -0.05) is 41.9 Å². The average molecular weight is 332 g/mol. The van der Waals surface area contributed by atoms with Crippen molar-refractivity contribution in [1.82, 2.24) is 10.6 Å². The van der Waals surface area contributed by atoms with Crippen molar-refractivity contribution in [3.63, 3.8) is 0 Å². The molecule has 0 saturated heterocycles. The summed E-state index contributed by atoms with van der Waals surface area (Å²) in [5, 5.41) is 6.13. The minimum absolute atomic E-state index is 0.268. The number of amides is 3. The summed E-state index contributed by atoms with van der Waals surface area (Å²) in [7, 11) is 0. The van der Waals surface area contributed by atoms with Gasteiger partial charge in [-0.25, -0.2) is 4.79 Å². The van der Waals surface area contributed by atoms with E-state index in [9.17, 15) is 9.59 Å². The standard InChI is InChI=1S/C17H18ClN3O2/c18-15-7-2-1-5-14(15)11-21-17(23)20-9-8-12-4-3-6-13(10-12)16(19)22/h1-7,10H,8-9,11H2,(H2,19,22)(H2,20,21,23). The number of nitrogens with two attached hydrogens (primary N) is 1. The van der Waals surface area contributed by atoms with Crippen LogP contribution in [-0.4, -0.2) is 18.5 Å². The Hall–Kier alpha value is -2.53. The largest absolute Gasteiger partial charge is 0.366 e. The molecular formula is C17H18ClN3O2. The number of hydrogen-bond acceptors (Lipinski definition) is 2. The SMILES string of the molecule is NC(=O)c1cccc(CCNC(=O)NCc2ccccc2Cl)c1. The van der Waals surface area contributed by atoms with E-state index >= 15 is 0 Å². The molecule has 0 heterocycles. The third-order valence-corrected chi connectivity index (χ3v) is 3.68. The van der Waals surface area contributed by atoms with Gasteiger partial charge in [0.2, 0.25) is 5.91 Å². The zero-order valence-electron chi connectivity index (χ0n) is 12.5. The van der Waals surface area contributed by atoms with Crippen molar-refractivity contribution >= 4 is 23.5 Å². The molecule has 0 aromatic heterocycles. The van der Waals surface area contributed by atoms with Crippen LogP contribution in [-0.2, 0) is 13.0 Å². The summed E-state index contributed by atoms with van der Waals surface area (Å²) < 4.78 is 0. The average Bonchev–Trinajstić information content (AvgIpc) is 2.54. The Kier molecular flexibility index (Phi) is 6.00. The van der Waals surface area contributed by atoms with Gasteiger partial charge in [-0.05, 0) is 35.7 Å². The third-order valence-electron chi connectivity index (χ3n) is 3.31. The molecule has 4 N–H and O–H groups in total. The van der Waals surface area contributed by atoms with Gasteiger partial charge in [0.15, 0.2) is 0 Å². The lowest BCUT2D eigenvalue weighted by Crippen LogP contribution is -2.36. The molecule has 2 aromatic rings. The van der Waals surface area contributed by atoms with Crippen molar-refractivity contribution in [3.8, 4) is 0 Å². The van der Waals surface area contributed by atoms with E-state index in [0.717, 1.165) is 11.1 Å². The molecule has 0 radical (unpaired) electrons. The predicted octanol–water partition coefficient (Wildman–Crippen LogP) is 2.48. The number of carbonyl (C=O) groups is 2. The van der Waals surface area contributed by atoms with E-state index in [1.165, 1.54) is 0 Å². The smallest absolute Gasteiger partial charge is 0.315 e. The van der Waals surface area contributed by atoms with Crippen LogP contribution in [0.25, 0.3) is 0 Å². The lowest BCUT2D eigenvalue weighted by Gasteiger charge is -2.09. The first-order valence-corrected chi connectivity index (χ1v) is 7.58. The molecule has 0 atom stereocenters. The van der Waals surface area contributed by atoms with Crippen LogP contribution in [0.15, 0.2) is 48.5 Å².